The standard InChI is InChI=1S/C20H37NO4/c1-3-5-7-8-9-10-11-17-24-19(22)18-12-14-21(15-13-18)20(23)25-16-6-4-2/h18H,3-17H2,1-2H3. The van der Waals surface area contributed by atoms with Crippen LogP contribution < -0.4 is 0 Å². The van der Waals surface area contributed by atoms with Crippen LogP contribution >= 0.6 is 0 Å². The Labute approximate surface area is 153 Å². The van der Waals surface area contributed by atoms with Crippen LogP contribution in [0.15, 0.2) is 0 Å². The number of nitrogens with zero attached hydrogens (tertiary/aromatic N) is 1. The minimum absolute atomic E-state index is 0.0655. The van der Waals surface area contributed by atoms with Crippen LogP contribution in [0.5, 0.6) is 0 Å². The van der Waals surface area contributed by atoms with Crippen LogP contribution in [-0.4, -0.2) is 43.3 Å². The number of carbonyl (C=O) groups is 2. The van der Waals surface area contributed by atoms with Crippen LogP contribution in [0.25, 0.3) is 0 Å². The van der Waals surface area contributed by atoms with Crippen molar-refractivity contribution in [2.24, 2.45) is 5.92 Å². The van der Waals surface area contributed by atoms with E-state index < -0.39 is 0 Å². The first kappa shape index (κ1) is 21.8. The van der Waals surface area contributed by atoms with Gasteiger partial charge in [0.15, 0.2) is 0 Å². The molecule has 0 aromatic heterocycles. The summed E-state index contributed by atoms with van der Waals surface area (Å²) in [4.78, 5) is 25.7. The molecule has 0 bridgehead atoms. The third-order valence-corrected chi connectivity index (χ3v) is 4.80. The zero-order chi connectivity index (χ0) is 18.3. The summed E-state index contributed by atoms with van der Waals surface area (Å²) < 4.78 is 10.6. The lowest BCUT2D eigenvalue weighted by atomic mass is 9.97. The monoisotopic (exact) mass is 355 g/mol. The third kappa shape index (κ3) is 9.71. The summed E-state index contributed by atoms with van der Waals surface area (Å²) in [5.41, 5.74) is 0. The maximum absolute atomic E-state index is 12.1. The summed E-state index contributed by atoms with van der Waals surface area (Å²) in [5, 5.41) is 0. The Bertz CT molecular complexity index is 365. The van der Waals surface area contributed by atoms with Gasteiger partial charge in [0.05, 0.1) is 19.1 Å². The van der Waals surface area contributed by atoms with E-state index in [-0.39, 0.29) is 18.0 Å². The summed E-state index contributed by atoms with van der Waals surface area (Å²) in [6.45, 7) is 6.47. The van der Waals surface area contributed by atoms with E-state index in [1.807, 2.05) is 0 Å². The summed E-state index contributed by atoms with van der Waals surface area (Å²) in [6, 6.07) is 0. The molecule has 1 saturated heterocycles. The van der Waals surface area contributed by atoms with E-state index >= 15 is 0 Å². The number of ether oxygens (including phenoxy) is 2. The second-order valence-corrected chi connectivity index (χ2v) is 7.02. The SMILES string of the molecule is CCCCCCCCCOC(=O)C1CCN(C(=O)OCCCC)CC1. The van der Waals surface area contributed by atoms with Gasteiger partial charge in [0.1, 0.15) is 0 Å². The second-order valence-electron chi connectivity index (χ2n) is 7.02. The normalized spacial score (nSPS) is 15.2. The van der Waals surface area contributed by atoms with Crippen LogP contribution in [0.2, 0.25) is 0 Å². The molecule has 5 heteroatoms. The van der Waals surface area contributed by atoms with Crippen molar-refractivity contribution in [3.8, 4) is 0 Å². The highest BCUT2D eigenvalue weighted by atomic mass is 16.6. The molecule has 25 heavy (non-hydrogen) atoms. The fourth-order valence-corrected chi connectivity index (χ4v) is 3.04. The van der Waals surface area contributed by atoms with Crippen molar-refractivity contribution in [3.05, 3.63) is 0 Å². The fourth-order valence-electron chi connectivity index (χ4n) is 3.04. The molecular weight excluding hydrogens is 318 g/mol. The van der Waals surface area contributed by atoms with Gasteiger partial charge in [0.2, 0.25) is 0 Å². The van der Waals surface area contributed by atoms with Gasteiger partial charge in [0, 0.05) is 13.1 Å². The number of piperidine rings is 1. The topological polar surface area (TPSA) is 55.8 Å². The molecule has 5 nitrogen and oxygen atoms in total. The van der Waals surface area contributed by atoms with Gasteiger partial charge in [0.25, 0.3) is 0 Å². The summed E-state index contributed by atoms with van der Waals surface area (Å²) >= 11 is 0. The van der Waals surface area contributed by atoms with Gasteiger partial charge in [-0.05, 0) is 25.7 Å². The summed E-state index contributed by atoms with van der Waals surface area (Å²) in [7, 11) is 0. The molecule has 0 unspecified atom stereocenters. The molecule has 0 N–H and O–H groups in total. The number of esters is 1. The van der Waals surface area contributed by atoms with Gasteiger partial charge >= 0.3 is 12.1 Å². The first-order valence-electron chi connectivity index (χ1n) is 10.3. The van der Waals surface area contributed by atoms with Crippen LogP contribution in [-0.2, 0) is 14.3 Å². The lowest BCUT2D eigenvalue weighted by Gasteiger charge is -2.30. The first-order valence-corrected chi connectivity index (χ1v) is 10.3. The van der Waals surface area contributed by atoms with Crippen molar-refractivity contribution in [3.63, 3.8) is 0 Å². The fraction of sp³-hybridized carbons (Fsp3) is 0.900. The summed E-state index contributed by atoms with van der Waals surface area (Å²) in [6.07, 6.45) is 11.5. The van der Waals surface area contributed by atoms with Gasteiger partial charge < -0.3 is 14.4 Å². The molecule has 0 aliphatic carbocycles. The number of rotatable bonds is 12. The summed E-state index contributed by atoms with van der Waals surface area (Å²) in [5.74, 6) is -0.158. The Morgan fingerprint density at radius 3 is 2.00 bits per heavy atom. The highest BCUT2D eigenvalue weighted by Gasteiger charge is 2.28. The highest BCUT2D eigenvalue weighted by Crippen LogP contribution is 2.19. The van der Waals surface area contributed by atoms with Crippen molar-refractivity contribution in [2.45, 2.75) is 84.5 Å². The molecule has 0 radical (unpaired) electrons. The van der Waals surface area contributed by atoms with Crippen molar-refractivity contribution >= 4 is 12.1 Å². The third-order valence-electron chi connectivity index (χ3n) is 4.80. The zero-order valence-electron chi connectivity index (χ0n) is 16.3. The van der Waals surface area contributed by atoms with E-state index in [0.29, 0.717) is 39.1 Å². The largest absolute Gasteiger partial charge is 0.465 e. The van der Waals surface area contributed by atoms with Crippen LogP contribution in [0.3, 0.4) is 0 Å². The Hall–Kier alpha value is -1.26. The Morgan fingerprint density at radius 2 is 1.36 bits per heavy atom. The lowest BCUT2D eigenvalue weighted by molar-refractivity contribution is -0.150. The average molecular weight is 356 g/mol. The molecule has 0 saturated carbocycles. The first-order chi connectivity index (χ1) is 12.2. The van der Waals surface area contributed by atoms with Gasteiger partial charge in [-0.1, -0.05) is 58.8 Å². The van der Waals surface area contributed by atoms with Crippen LogP contribution in [0.1, 0.15) is 84.5 Å². The molecule has 0 spiro atoms. The number of hydrogen-bond donors (Lipinski definition) is 0. The van der Waals surface area contributed by atoms with E-state index in [0.717, 1.165) is 25.7 Å². The van der Waals surface area contributed by atoms with Gasteiger partial charge in [-0.3, -0.25) is 4.79 Å². The minimum Gasteiger partial charge on any atom is -0.465 e. The molecule has 146 valence electrons. The molecule has 1 rings (SSSR count). The molecule has 1 heterocycles. The van der Waals surface area contributed by atoms with Crippen molar-refractivity contribution < 1.29 is 19.1 Å². The molecule has 1 aliphatic rings. The quantitative estimate of drug-likeness (QED) is 0.368. The molecule has 1 aliphatic heterocycles. The van der Waals surface area contributed by atoms with E-state index in [2.05, 4.69) is 13.8 Å². The Balaban J connectivity index is 2.06. The number of amides is 1. The van der Waals surface area contributed by atoms with Gasteiger partial charge in [-0.2, -0.15) is 0 Å². The van der Waals surface area contributed by atoms with Gasteiger partial charge in [-0.25, -0.2) is 4.79 Å². The van der Waals surface area contributed by atoms with E-state index in [9.17, 15) is 9.59 Å². The average Bonchev–Trinajstić information content (AvgIpc) is 2.64. The molecule has 0 aromatic rings. The number of hydrogen-bond acceptors (Lipinski definition) is 4. The molecule has 1 amide bonds. The lowest BCUT2D eigenvalue weighted by Crippen LogP contribution is -2.41. The molecule has 1 fully saturated rings. The van der Waals surface area contributed by atoms with Crippen molar-refractivity contribution in [1.29, 1.82) is 0 Å². The predicted molar refractivity (Wildman–Crippen MR) is 99.5 cm³/mol. The number of likely N-dealkylation sites (tertiary alicyclic amines) is 1. The zero-order valence-corrected chi connectivity index (χ0v) is 16.3. The van der Waals surface area contributed by atoms with Crippen molar-refractivity contribution in [1.82, 2.24) is 4.90 Å². The number of unbranched alkanes of at least 4 members (excludes halogenated alkanes) is 7. The van der Waals surface area contributed by atoms with E-state index in [1.54, 1.807) is 4.90 Å². The Kier molecular flexibility index (Phi) is 12.2. The van der Waals surface area contributed by atoms with Crippen LogP contribution in [0.4, 0.5) is 4.79 Å². The maximum Gasteiger partial charge on any atom is 0.409 e. The number of carbonyl (C=O) groups excluding carboxylic acids is 2. The Morgan fingerprint density at radius 1 is 0.800 bits per heavy atom. The van der Waals surface area contributed by atoms with Gasteiger partial charge in [-0.15, -0.1) is 0 Å². The van der Waals surface area contributed by atoms with E-state index in [1.165, 1.54) is 32.1 Å². The highest BCUT2D eigenvalue weighted by molar-refractivity contribution is 5.73. The smallest absolute Gasteiger partial charge is 0.409 e. The minimum atomic E-state index is -0.247. The molecule has 0 aromatic carbocycles. The second kappa shape index (κ2) is 14.0. The predicted octanol–water partition coefficient (Wildman–Crippen LogP) is 4.93. The maximum atomic E-state index is 12.1. The van der Waals surface area contributed by atoms with E-state index in [4.69, 9.17) is 9.47 Å². The van der Waals surface area contributed by atoms with Crippen LogP contribution in [0, 0.1) is 5.92 Å². The molecular formula is C20H37NO4. The van der Waals surface area contributed by atoms with Crippen molar-refractivity contribution in [2.75, 3.05) is 26.3 Å². The molecule has 0 atom stereocenters.